The zero-order valence-electron chi connectivity index (χ0n) is 28.4. The third-order valence-electron chi connectivity index (χ3n) is 9.50. The van der Waals surface area contributed by atoms with Crippen LogP contribution in [0.1, 0.15) is 11.1 Å². The Morgan fingerprint density at radius 2 is 0.442 bits per heavy atom. The Hall–Kier alpha value is -7.26. The second kappa shape index (κ2) is 14.3. The highest BCUT2D eigenvalue weighted by Gasteiger charge is 2.10. The van der Waals surface area contributed by atoms with Crippen molar-refractivity contribution < 1.29 is 0 Å². The molecule has 0 aliphatic rings. The normalized spacial score (nSPS) is 10.7. The van der Waals surface area contributed by atoms with Gasteiger partial charge in [-0.15, -0.1) is 0 Å². The van der Waals surface area contributed by atoms with E-state index in [1.165, 1.54) is 5.56 Å². The number of nitrogens with zero attached hydrogens (tertiary/aromatic N) is 2. The maximum Gasteiger partial charge on any atom is 0.0992 e. The van der Waals surface area contributed by atoms with Crippen LogP contribution in [0.5, 0.6) is 0 Å². The van der Waals surface area contributed by atoms with Gasteiger partial charge in [0.25, 0.3) is 0 Å². The molecule has 0 aromatic heterocycles. The number of hydrogen-bond acceptors (Lipinski definition) is 2. The van der Waals surface area contributed by atoms with Gasteiger partial charge in [-0.05, 0) is 126 Å². The average Bonchev–Trinajstić information content (AvgIpc) is 3.24. The summed E-state index contributed by atoms with van der Waals surface area (Å²) in [5.41, 5.74) is 16.4. The predicted octanol–water partition coefficient (Wildman–Crippen LogP) is 13.1. The predicted molar refractivity (Wildman–Crippen MR) is 214 cm³/mol. The lowest BCUT2D eigenvalue weighted by atomic mass is 9.92. The van der Waals surface area contributed by atoms with E-state index in [1.807, 2.05) is 60.7 Å². The number of hydrogen-bond donors (Lipinski definition) is 0. The molecule has 0 amide bonds. The van der Waals surface area contributed by atoms with Crippen molar-refractivity contribution in [3.05, 3.63) is 205 Å². The van der Waals surface area contributed by atoms with E-state index in [-0.39, 0.29) is 0 Å². The van der Waals surface area contributed by atoms with Gasteiger partial charge in [0.2, 0.25) is 0 Å². The van der Waals surface area contributed by atoms with Gasteiger partial charge in [0.1, 0.15) is 0 Å². The Balaban J connectivity index is 1.07. The van der Waals surface area contributed by atoms with E-state index in [4.69, 9.17) is 0 Å². The molecular formula is C50H32N2. The van der Waals surface area contributed by atoms with Crippen molar-refractivity contribution in [2.75, 3.05) is 0 Å². The van der Waals surface area contributed by atoms with Crippen LogP contribution in [-0.4, -0.2) is 0 Å². The van der Waals surface area contributed by atoms with Gasteiger partial charge in [-0.1, -0.05) is 146 Å². The molecule has 0 bridgehead atoms. The summed E-state index contributed by atoms with van der Waals surface area (Å²) < 4.78 is 0. The van der Waals surface area contributed by atoms with E-state index in [1.54, 1.807) is 0 Å². The van der Waals surface area contributed by atoms with E-state index in [9.17, 15) is 10.5 Å². The largest absolute Gasteiger partial charge is 0.192 e. The Bertz CT molecular complexity index is 2610. The molecule has 0 radical (unpaired) electrons. The lowest BCUT2D eigenvalue weighted by Crippen LogP contribution is -1.87. The molecule has 0 saturated carbocycles. The van der Waals surface area contributed by atoms with Crippen molar-refractivity contribution in [2.45, 2.75) is 0 Å². The highest BCUT2D eigenvalue weighted by atomic mass is 14.2. The van der Waals surface area contributed by atoms with Gasteiger partial charge < -0.3 is 0 Å². The minimum atomic E-state index is 0.631. The highest BCUT2D eigenvalue weighted by molar-refractivity contribution is 5.82. The molecule has 0 heterocycles. The smallest absolute Gasteiger partial charge is 0.0992 e. The van der Waals surface area contributed by atoms with Gasteiger partial charge in [0.15, 0.2) is 0 Å². The average molecular weight is 661 g/mol. The third-order valence-corrected chi connectivity index (χ3v) is 9.50. The standard InChI is InChI=1S/C50H32N2/c51-33-35-25-47(38-11-5-2-6-12-38)31-48(26-35)42-23-19-40(20-24-42)43-13-7-14-44(29-43)45-15-8-16-46(30-45)50-28-36(34-52)27-49(32-50)41-21-17-39(18-22-41)37-9-3-1-4-10-37/h1-32H. The maximum atomic E-state index is 9.95. The summed E-state index contributed by atoms with van der Waals surface area (Å²) in [5, 5.41) is 19.7. The summed E-state index contributed by atoms with van der Waals surface area (Å²) >= 11 is 0. The summed E-state index contributed by atoms with van der Waals surface area (Å²) in [6, 6.07) is 71.6. The van der Waals surface area contributed by atoms with Gasteiger partial charge in [0.05, 0.1) is 23.3 Å². The molecule has 8 aromatic carbocycles. The minimum absolute atomic E-state index is 0.631. The molecule has 242 valence electrons. The van der Waals surface area contributed by atoms with Crippen molar-refractivity contribution >= 4 is 0 Å². The summed E-state index contributed by atoms with van der Waals surface area (Å²) in [7, 11) is 0. The van der Waals surface area contributed by atoms with Gasteiger partial charge in [-0.2, -0.15) is 10.5 Å². The molecule has 2 heteroatoms. The lowest BCUT2D eigenvalue weighted by Gasteiger charge is -2.11. The Kier molecular flexibility index (Phi) is 8.80. The second-order valence-corrected chi connectivity index (χ2v) is 12.9. The fraction of sp³-hybridized carbons (Fsp3) is 0. The molecule has 0 aliphatic heterocycles. The van der Waals surface area contributed by atoms with Crippen molar-refractivity contribution in [3.63, 3.8) is 0 Å². The summed E-state index contributed by atoms with van der Waals surface area (Å²) in [6.45, 7) is 0. The van der Waals surface area contributed by atoms with Crippen LogP contribution in [0.3, 0.4) is 0 Å². The molecule has 0 unspecified atom stereocenters. The second-order valence-electron chi connectivity index (χ2n) is 12.9. The van der Waals surface area contributed by atoms with Crippen LogP contribution < -0.4 is 0 Å². The Morgan fingerprint density at radius 3 is 0.827 bits per heavy atom. The monoisotopic (exact) mass is 660 g/mol. The first kappa shape index (κ1) is 32.0. The quantitative estimate of drug-likeness (QED) is 0.171. The van der Waals surface area contributed by atoms with Gasteiger partial charge >= 0.3 is 0 Å². The lowest BCUT2D eigenvalue weighted by molar-refractivity contribution is 1.47. The van der Waals surface area contributed by atoms with Crippen LogP contribution in [0.2, 0.25) is 0 Å². The molecule has 0 N–H and O–H groups in total. The molecule has 0 saturated heterocycles. The van der Waals surface area contributed by atoms with Crippen molar-refractivity contribution in [1.82, 2.24) is 0 Å². The molecule has 8 aromatic rings. The fourth-order valence-corrected chi connectivity index (χ4v) is 6.78. The van der Waals surface area contributed by atoms with E-state index in [0.717, 1.165) is 72.3 Å². The van der Waals surface area contributed by atoms with Gasteiger partial charge in [-0.25, -0.2) is 0 Å². The van der Waals surface area contributed by atoms with E-state index in [2.05, 4.69) is 146 Å². The van der Waals surface area contributed by atoms with Crippen LogP contribution in [0.25, 0.3) is 77.9 Å². The Morgan fingerprint density at radius 1 is 0.212 bits per heavy atom. The zero-order valence-corrected chi connectivity index (χ0v) is 28.4. The van der Waals surface area contributed by atoms with Gasteiger partial charge in [0, 0.05) is 0 Å². The summed E-state index contributed by atoms with van der Waals surface area (Å²) in [6.07, 6.45) is 0. The molecule has 0 aliphatic carbocycles. The maximum absolute atomic E-state index is 9.95. The van der Waals surface area contributed by atoms with E-state index in [0.29, 0.717) is 11.1 Å². The van der Waals surface area contributed by atoms with Crippen molar-refractivity contribution in [2.24, 2.45) is 0 Å². The van der Waals surface area contributed by atoms with Crippen LogP contribution >= 0.6 is 0 Å². The van der Waals surface area contributed by atoms with Crippen LogP contribution in [0.4, 0.5) is 0 Å². The van der Waals surface area contributed by atoms with Crippen LogP contribution in [-0.2, 0) is 0 Å². The zero-order chi connectivity index (χ0) is 35.3. The molecule has 0 fully saturated rings. The SMILES string of the molecule is N#Cc1cc(-c2ccccc2)cc(-c2ccc(-c3cccc(-c4cccc(-c5cc(C#N)cc(-c6ccc(-c7ccccc7)cc6)c5)c4)c3)cc2)c1. The van der Waals surface area contributed by atoms with Crippen molar-refractivity contribution in [3.8, 4) is 90.0 Å². The minimum Gasteiger partial charge on any atom is -0.192 e. The third kappa shape index (κ3) is 6.79. The first-order valence-corrected chi connectivity index (χ1v) is 17.3. The molecule has 0 atom stereocenters. The number of benzene rings is 8. The number of nitriles is 2. The Labute approximate surface area is 304 Å². The molecule has 2 nitrogen and oxygen atoms in total. The summed E-state index contributed by atoms with van der Waals surface area (Å²) in [5.74, 6) is 0. The molecule has 0 spiro atoms. The molecular weight excluding hydrogens is 629 g/mol. The van der Waals surface area contributed by atoms with E-state index >= 15 is 0 Å². The van der Waals surface area contributed by atoms with E-state index < -0.39 is 0 Å². The molecule has 8 rings (SSSR count). The van der Waals surface area contributed by atoms with Gasteiger partial charge in [-0.3, -0.25) is 0 Å². The highest BCUT2D eigenvalue weighted by Crippen LogP contribution is 2.35. The fourth-order valence-electron chi connectivity index (χ4n) is 6.78. The van der Waals surface area contributed by atoms with Crippen molar-refractivity contribution in [1.29, 1.82) is 10.5 Å². The topological polar surface area (TPSA) is 47.6 Å². The first-order chi connectivity index (χ1) is 25.6. The number of rotatable bonds is 7. The van der Waals surface area contributed by atoms with Crippen LogP contribution in [0, 0.1) is 22.7 Å². The molecule has 52 heavy (non-hydrogen) atoms. The first-order valence-electron chi connectivity index (χ1n) is 17.3. The summed E-state index contributed by atoms with van der Waals surface area (Å²) in [4.78, 5) is 0. The van der Waals surface area contributed by atoms with Crippen LogP contribution in [0.15, 0.2) is 194 Å².